The van der Waals surface area contributed by atoms with Gasteiger partial charge in [-0.05, 0) is 35.4 Å². The number of aliphatic hydroxyl groups excluding tert-OH is 1. The standard InChI is InChI=1S/C15H13BrF2O/c16-12-5-6-15(18)11(7-12)9-13(19)8-10-3-1-2-4-14(10)17/h1-7,13,19H,8-9H2. The van der Waals surface area contributed by atoms with Crippen molar-refractivity contribution in [1.82, 2.24) is 0 Å². The van der Waals surface area contributed by atoms with Gasteiger partial charge in [-0.25, -0.2) is 8.78 Å². The van der Waals surface area contributed by atoms with Gasteiger partial charge in [-0.2, -0.15) is 0 Å². The number of hydrogen-bond donors (Lipinski definition) is 1. The monoisotopic (exact) mass is 326 g/mol. The maximum Gasteiger partial charge on any atom is 0.126 e. The third-order valence-corrected chi connectivity index (χ3v) is 3.37. The molecule has 1 N–H and O–H groups in total. The Morgan fingerprint density at radius 3 is 2.32 bits per heavy atom. The van der Waals surface area contributed by atoms with E-state index in [2.05, 4.69) is 15.9 Å². The van der Waals surface area contributed by atoms with Crippen LogP contribution in [0.2, 0.25) is 0 Å². The molecule has 0 spiro atoms. The Bertz CT molecular complexity index is 572. The summed E-state index contributed by atoms with van der Waals surface area (Å²) in [7, 11) is 0. The summed E-state index contributed by atoms with van der Waals surface area (Å²) in [5.41, 5.74) is 0.851. The van der Waals surface area contributed by atoms with Crippen molar-refractivity contribution >= 4 is 15.9 Å². The molecule has 4 heteroatoms. The van der Waals surface area contributed by atoms with E-state index in [9.17, 15) is 13.9 Å². The van der Waals surface area contributed by atoms with Crippen molar-refractivity contribution in [3.05, 3.63) is 69.7 Å². The maximum atomic E-state index is 13.5. The van der Waals surface area contributed by atoms with Crippen LogP contribution in [0.15, 0.2) is 46.9 Å². The van der Waals surface area contributed by atoms with E-state index in [0.29, 0.717) is 11.1 Å². The minimum absolute atomic E-state index is 0.152. The van der Waals surface area contributed by atoms with Crippen molar-refractivity contribution in [1.29, 1.82) is 0 Å². The minimum Gasteiger partial charge on any atom is -0.392 e. The predicted molar refractivity (Wildman–Crippen MR) is 73.9 cm³/mol. The number of halogens is 3. The first-order valence-corrected chi connectivity index (χ1v) is 6.71. The van der Waals surface area contributed by atoms with Crippen LogP contribution >= 0.6 is 15.9 Å². The van der Waals surface area contributed by atoms with Crippen LogP contribution in [0.5, 0.6) is 0 Å². The summed E-state index contributed by atoms with van der Waals surface area (Å²) in [6.07, 6.45) is -0.501. The van der Waals surface area contributed by atoms with Crippen LogP contribution in [0.3, 0.4) is 0 Å². The van der Waals surface area contributed by atoms with Crippen LogP contribution in [0, 0.1) is 11.6 Å². The largest absolute Gasteiger partial charge is 0.392 e. The molecule has 2 rings (SSSR count). The maximum absolute atomic E-state index is 13.5. The lowest BCUT2D eigenvalue weighted by Crippen LogP contribution is -2.15. The molecule has 2 aromatic rings. The number of rotatable bonds is 4. The van der Waals surface area contributed by atoms with E-state index < -0.39 is 6.10 Å². The van der Waals surface area contributed by atoms with Crippen molar-refractivity contribution in [2.75, 3.05) is 0 Å². The molecule has 1 unspecified atom stereocenters. The van der Waals surface area contributed by atoms with Crippen molar-refractivity contribution in [3.8, 4) is 0 Å². The van der Waals surface area contributed by atoms with Crippen molar-refractivity contribution < 1.29 is 13.9 Å². The van der Waals surface area contributed by atoms with E-state index in [4.69, 9.17) is 0 Å². The molecule has 0 amide bonds. The SMILES string of the molecule is OC(Cc1ccccc1F)Cc1cc(Br)ccc1F. The summed E-state index contributed by atoms with van der Waals surface area (Å²) in [4.78, 5) is 0. The van der Waals surface area contributed by atoms with Crippen LogP contribution < -0.4 is 0 Å². The highest BCUT2D eigenvalue weighted by molar-refractivity contribution is 9.10. The molecule has 2 aromatic carbocycles. The summed E-state index contributed by atoms with van der Waals surface area (Å²) in [5, 5.41) is 9.95. The normalized spacial score (nSPS) is 12.4. The third kappa shape index (κ3) is 3.85. The Morgan fingerprint density at radius 1 is 0.947 bits per heavy atom. The second kappa shape index (κ2) is 6.26. The van der Waals surface area contributed by atoms with Gasteiger partial charge in [0.15, 0.2) is 0 Å². The first-order chi connectivity index (χ1) is 9.06. The van der Waals surface area contributed by atoms with E-state index in [-0.39, 0.29) is 24.5 Å². The molecule has 0 aromatic heterocycles. The molecule has 0 bridgehead atoms. The lowest BCUT2D eigenvalue weighted by Gasteiger charge is -2.12. The van der Waals surface area contributed by atoms with E-state index in [1.807, 2.05) is 0 Å². The average Bonchev–Trinajstić information content (AvgIpc) is 2.37. The summed E-state index contributed by atoms with van der Waals surface area (Å²) in [6.45, 7) is 0. The summed E-state index contributed by atoms with van der Waals surface area (Å²) in [5.74, 6) is -0.716. The number of hydrogen-bond acceptors (Lipinski definition) is 1. The predicted octanol–water partition coefficient (Wildman–Crippen LogP) is 3.87. The van der Waals surface area contributed by atoms with Crippen molar-refractivity contribution in [3.63, 3.8) is 0 Å². The van der Waals surface area contributed by atoms with E-state index >= 15 is 0 Å². The van der Waals surface area contributed by atoms with Gasteiger partial charge in [-0.3, -0.25) is 0 Å². The van der Waals surface area contributed by atoms with Gasteiger partial charge in [-0.15, -0.1) is 0 Å². The molecule has 0 fully saturated rings. The summed E-state index contributed by atoms with van der Waals surface area (Å²) < 4.78 is 27.7. The minimum atomic E-state index is -0.819. The Labute approximate surface area is 119 Å². The average molecular weight is 327 g/mol. The van der Waals surface area contributed by atoms with Crippen LogP contribution in [0.25, 0.3) is 0 Å². The fourth-order valence-electron chi connectivity index (χ4n) is 1.94. The number of aliphatic hydroxyl groups is 1. The molecule has 0 aliphatic carbocycles. The first kappa shape index (κ1) is 14.2. The van der Waals surface area contributed by atoms with E-state index in [1.54, 1.807) is 30.3 Å². The molecular weight excluding hydrogens is 314 g/mol. The molecule has 0 heterocycles. The Balaban J connectivity index is 2.07. The van der Waals surface area contributed by atoms with Crippen molar-refractivity contribution in [2.45, 2.75) is 18.9 Å². The van der Waals surface area contributed by atoms with Gasteiger partial charge in [0.25, 0.3) is 0 Å². The van der Waals surface area contributed by atoms with Gasteiger partial charge in [-0.1, -0.05) is 34.1 Å². The summed E-state index contributed by atoms with van der Waals surface area (Å²) >= 11 is 3.26. The molecule has 0 radical (unpaired) electrons. The Morgan fingerprint density at radius 2 is 1.58 bits per heavy atom. The summed E-state index contributed by atoms with van der Waals surface area (Å²) in [6, 6.07) is 10.8. The molecule has 1 atom stereocenters. The van der Waals surface area contributed by atoms with Crippen LogP contribution in [0.1, 0.15) is 11.1 Å². The molecule has 100 valence electrons. The highest BCUT2D eigenvalue weighted by Gasteiger charge is 2.12. The van der Waals surface area contributed by atoms with Gasteiger partial charge in [0.05, 0.1) is 6.10 Å². The molecule has 19 heavy (non-hydrogen) atoms. The fraction of sp³-hybridized carbons (Fsp3) is 0.200. The zero-order chi connectivity index (χ0) is 13.8. The smallest absolute Gasteiger partial charge is 0.126 e. The second-order valence-corrected chi connectivity index (χ2v) is 5.30. The van der Waals surface area contributed by atoms with Gasteiger partial charge < -0.3 is 5.11 Å². The topological polar surface area (TPSA) is 20.2 Å². The molecule has 0 aliphatic heterocycles. The highest BCUT2D eigenvalue weighted by atomic mass is 79.9. The van der Waals surface area contributed by atoms with Crippen molar-refractivity contribution in [2.24, 2.45) is 0 Å². The second-order valence-electron chi connectivity index (χ2n) is 4.39. The van der Waals surface area contributed by atoms with Gasteiger partial charge in [0, 0.05) is 17.3 Å². The number of benzene rings is 2. The zero-order valence-corrected chi connectivity index (χ0v) is 11.7. The Hall–Kier alpha value is -1.26. The van der Waals surface area contributed by atoms with Gasteiger partial charge in [0.2, 0.25) is 0 Å². The van der Waals surface area contributed by atoms with E-state index in [0.717, 1.165) is 4.47 Å². The van der Waals surface area contributed by atoms with Gasteiger partial charge in [0.1, 0.15) is 11.6 Å². The lowest BCUT2D eigenvalue weighted by atomic mass is 10.0. The van der Waals surface area contributed by atoms with Crippen LogP contribution in [-0.2, 0) is 12.8 Å². The highest BCUT2D eigenvalue weighted by Crippen LogP contribution is 2.18. The third-order valence-electron chi connectivity index (χ3n) is 2.88. The lowest BCUT2D eigenvalue weighted by molar-refractivity contribution is 0.173. The molecular formula is C15H13BrF2O. The molecule has 0 aliphatic rings. The zero-order valence-electron chi connectivity index (χ0n) is 10.1. The van der Waals surface area contributed by atoms with Crippen LogP contribution in [-0.4, -0.2) is 11.2 Å². The quantitative estimate of drug-likeness (QED) is 0.904. The van der Waals surface area contributed by atoms with Gasteiger partial charge >= 0.3 is 0 Å². The van der Waals surface area contributed by atoms with Crippen LogP contribution in [0.4, 0.5) is 8.78 Å². The van der Waals surface area contributed by atoms with E-state index in [1.165, 1.54) is 12.1 Å². The fourth-order valence-corrected chi connectivity index (χ4v) is 2.35. The molecule has 1 nitrogen and oxygen atoms in total. The Kier molecular flexibility index (Phi) is 4.66. The molecule has 0 saturated carbocycles. The molecule has 0 saturated heterocycles. The first-order valence-electron chi connectivity index (χ1n) is 5.91.